The van der Waals surface area contributed by atoms with Crippen LogP contribution in [0, 0.1) is 5.92 Å². The summed E-state index contributed by atoms with van der Waals surface area (Å²) in [5, 5.41) is 6.99. The maximum Gasteiger partial charge on any atom is 0.191 e. The van der Waals surface area contributed by atoms with Gasteiger partial charge in [0.05, 0.1) is 13.2 Å². The SMILES string of the molecule is CN=C(NCC(C(C)C)N1CCOCC1)NCC(C)N(C)c1ccccc1. The monoisotopic (exact) mass is 375 g/mol. The van der Waals surface area contributed by atoms with E-state index in [1.165, 1.54) is 5.69 Å². The van der Waals surface area contributed by atoms with Gasteiger partial charge in [-0.25, -0.2) is 0 Å². The molecule has 0 amide bonds. The van der Waals surface area contributed by atoms with Crippen molar-refractivity contribution in [3.05, 3.63) is 30.3 Å². The molecule has 0 radical (unpaired) electrons. The number of morpholine rings is 1. The van der Waals surface area contributed by atoms with Crippen LogP contribution in [0.1, 0.15) is 20.8 Å². The first-order valence-corrected chi connectivity index (χ1v) is 10.1. The van der Waals surface area contributed by atoms with E-state index in [2.05, 4.69) is 77.5 Å². The van der Waals surface area contributed by atoms with Crippen molar-refractivity contribution >= 4 is 11.6 Å². The zero-order chi connectivity index (χ0) is 19.6. The lowest BCUT2D eigenvalue weighted by Crippen LogP contribution is -2.53. The number of anilines is 1. The normalized spacial score (nSPS) is 18.2. The van der Waals surface area contributed by atoms with Gasteiger partial charge in [0.15, 0.2) is 5.96 Å². The summed E-state index contributed by atoms with van der Waals surface area (Å²) in [6.07, 6.45) is 0. The first-order valence-electron chi connectivity index (χ1n) is 10.1. The number of guanidine groups is 1. The average Bonchev–Trinajstić information content (AvgIpc) is 2.70. The van der Waals surface area contributed by atoms with Gasteiger partial charge < -0.3 is 20.3 Å². The second kappa shape index (κ2) is 11.1. The number of nitrogens with zero attached hydrogens (tertiary/aromatic N) is 3. The molecule has 6 nitrogen and oxygen atoms in total. The highest BCUT2D eigenvalue weighted by atomic mass is 16.5. The number of hydrogen-bond acceptors (Lipinski definition) is 4. The molecule has 0 spiro atoms. The molecule has 2 atom stereocenters. The lowest BCUT2D eigenvalue weighted by Gasteiger charge is -2.37. The Morgan fingerprint density at radius 3 is 2.33 bits per heavy atom. The standard InChI is InChI=1S/C21H37N5O/c1-17(2)20(26-11-13-27-14-12-26)16-24-21(22-4)23-15-18(3)25(5)19-9-7-6-8-10-19/h6-10,17-18,20H,11-16H2,1-5H3,(H2,22,23,24). The Morgan fingerprint density at radius 2 is 1.74 bits per heavy atom. The fraction of sp³-hybridized carbons (Fsp3) is 0.667. The van der Waals surface area contributed by atoms with E-state index in [0.29, 0.717) is 18.0 Å². The highest BCUT2D eigenvalue weighted by molar-refractivity contribution is 5.79. The number of benzene rings is 1. The quantitative estimate of drug-likeness (QED) is 0.538. The number of aliphatic imine (C=N–C) groups is 1. The lowest BCUT2D eigenvalue weighted by molar-refractivity contribution is 0.00752. The number of rotatable bonds is 8. The molecule has 0 aliphatic carbocycles. The Bertz CT molecular complexity index is 557. The molecule has 6 heteroatoms. The van der Waals surface area contributed by atoms with Crippen molar-refractivity contribution in [2.24, 2.45) is 10.9 Å². The Labute approximate surface area is 165 Å². The van der Waals surface area contributed by atoms with E-state index in [0.717, 1.165) is 45.4 Å². The predicted octanol–water partition coefficient (Wildman–Crippen LogP) is 2.03. The summed E-state index contributed by atoms with van der Waals surface area (Å²) >= 11 is 0. The van der Waals surface area contributed by atoms with E-state index in [9.17, 15) is 0 Å². The van der Waals surface area contributed by atoms with Crippen LogP contribution in [0.3, 0.4) is 0 Å². The number of likely N-dealkylation sites (N-methyl/N-ethyl adjacent to an activating group) is 1. The molecule has 1 saturated heterocycles. The summed E-state index contributed by atoms with van der Waals surface area (Å²) in [7, 11) is 3.96. The molecule has 152 valence electrons. The number of para-hydroxylation sites is 1. The minimum atomic E-state index is 0.353. The third-order valence-corrected chi connectivity index (χ3v) is 5.38. The van der Waals surface area contributed by atoms with Crippen LogP contribution in [-0.4, -0.2) is 76.4 Å². The van der Waals surface area contributed by atoms with Gasteiger partial charge in [-0.15, -0.1) is 0 Å². The van der Waals surface area contributed by atoms with E-state index in [-0.39, 0.29) is 0 Å². The zero-order valence-electron chi connectivity index (χ0n) is 17.6. The molecule has 0 saturated carbocycles. The van der Waals surface area contributed by atoms with Crippen LogP contribution in [0.4, 0.5) is 5.69 Å². The van der Waals surface area contributed by atoms with Crippen LogP contribution < -0.4 is 15.5 Å². The van der Waals surface area contributed by atoms with Crippen molar-refractivity contribution in [2.75, 3.05) is 58.4 Å². The first kappa shape index (κ1) is 21.5. The van der Waals surface area contributed by atoms with Gasteiger partial charge in [-0.05, 0) is 25.0 Å². The Morgan fingerprint density at radius 1 is 1.11 bits per heavy atom. The molecule has 1 aliphatic rings. The summed E-state index contributed by atoms with van der Waals surface area (Å²) in [6, 6.07) is 11.3. The lowest BCUT2D eigenvalue weighted by atomic mass is 10.0. The molecule has 0 bridgehead atoms. The van der Waals surface area contributed by atoms with E-state index in [1.807, 2.05) is 13.1 Å². The molecule has 2 N–H and O–H groups in total. The number of hydrogen-bond donors (Lipinski definition) is 2. The van der Waals surface area contributed by atoms with Crippen molar-refractivity contribution in [3.8, 4) is 0 Å². The average molecular weight is 376 g/mol. The third kappa shape index (κ3) is 6.70. The molecule has 2 unspecified atom stereocenters. The summed E-state index contributed by atoms with van der Waals surface area (Å²) in [5.74, 6) is 1.44. The number of ether oxygens (including phenoxy) is 1. The smallest absolute Gasteiger partial charge is 0.191 e. The van der Waals surface area contributed by atoms with Crippen LogP contribution in [0.5, 0.6) is 0 Å². The van der Waals surface area contributed by atoms with Gasteiger partial charge >= 0.3 is 0 Å². The summed E-state index contributed by atoms with van der Waals surface area (Å²) in [4.78, 5) is 9.21. The van der Waals surface area contributed by atoms with Gasteiger partial charge in [0.1, 0.15) is 0 Å². The van der Waals surface area contributed by atoms with Crippen molar-refractivity contribution < 1.29 is 4.74 Å². The second-order valence-electron chi connectivity index (χ2n) is 7.59. The second-order valence-corrected chi connectivity index (χ2v) is 7.59. The van der Waals surface area contributed by atoms with E-state index in [1.54, 1.807) is 0 Å². The molecule has 2 rings (SSSR count). The van der Waals surface area contributed by atoms with Gasteiger partial charge in [-0.2, -0.15) is 0 Å². The summed E-state index contributed by atoms with van der Waals surface area (Å²) in [5.41, 5.74) is 1.22. The fourth-order valence-corrected chi connectivity index (χ4v) is 3.42. The Kier molecular flexibility index (Phi) is 8.88. The van der Waals surface area contributed by atoms with Crippen molar-refractivity contribution in [1.29, 1.82) is 0 Å². The molecule has 1 aliphatic heterocycles. The van der Waals surface area contributed by atoms with Crippen LogP contribution in [0.25, 0.3) is 0 Å². The fourth-order valence-electron chi connectivity index (χ4n) is 3.42. The minimum absolute atomic E-state index is 0.353. The molecule has 1 aromatic carbocycles. The first-order chi connectivity index (χ1) is 13.0. The van der Waals surface area contributed by atoms with E-state index < -0.39 is 0 Å². The van der Waals surface area contributed by atoms with Gasteiger partial charge in [0.25, 0.3) is 0 Å². The van der Waals surface area contributed by atoms with Gasteiger partial charge in [-0.3, -0.25) is 9.89 Å². The third-order valence-electron chi connectivity index (χ3n) is 5.38. The van der Waals surface area contributed by atoms with Crippen molar-refractivity contribution in [1.82, 2.24) is 15.5 Å². The van der Waals surface area contributed by atoms with E-state index in [4.69, 9.17) is 4.74 Å². The van der Waals surface area contributed by atoms with Crippen LogP contribution >= 0.6 is 0 Å². The van der Waals surface area contributed by atoms with Gasteiger partial charge in [-0.1, -0.05) is 32.0 Å². The van der Waals surface area contributed by atoms with Gasteiger partial charge in [0, 0.05) is 58.0 Å². The van der Waals surface area contributed by atoms with Crippen LogP contribution in [0.2, 0.25) is 0 Å². The molecule has 1 fully saturated rings. The summed E-state index contributed by atoms with van der Waals surface area (Å²) < 4.78 is 5.50. The highest BCUT2D eigenvalue weighted by Crippen LogP contribution is 2.14. The molecule has 27 heavy (non-hydrogen) atoms. The van der Waals surface area contributed by atoms with Gasteiger partial charge in [0.2, 0.25) is 0 Å². The zero-order valence-corrected chi connectivity index (χ0v) is 17.6. The molecular weight excluding hydrogens is 338 g/mol. The largest absolute Gasteiger partial charge is 0.379 e. The number of nitrogens with one attached hydrogen (secondary N) is 2. The van der Waals surface area contributed by atoms with E-state index >= 15 is 0 Å². The topological polar surface area (TPSA) is 52.1 Å². The van der Waals surface area contributed by atoms with Crippen molar-refractivity contribution in [2.45, 2.75) is 32.9 Å². The molecule has 1 heterocycles. The Balaban J connectivity index is 1.82. The van der Waals surface area contributed by atoms with Crippen molar-refractivity contribution in [3.63, 3.8) is 0 Å². The molecular formula is C21H37N5O. The maximum atomic E-state index is 5.50. The Hall–Kier alpha value is -1.79. The predicted molar refractivity (Wildman–Crippen MR) is 115 cm³/mol. The van der Waals surface area contributed by atoms with Crippen LogP contribution in [-0.2, 0) is 4.74 Å². The molecule has 0 aromatic heterocycles. The summed E-state index contributed by atoms with van der Waals surface area (Å²) in [6.45, 7) is 12.2. The molecule has 1 aromatic rings. The minimum Gasteiger partial charge on any atom is -0.379 e. The highest BCUT2D eigenvalue weighted by Gasteiger charge is 2.24. The maximum absolute atomic E-state index is 5.50. The van der Waals surface area contributed by atoms with Crippen LogP contribution in [0.15, 0.2) is 35.3 Å².